The van der Waals surface area contributed by atoms with Crippen molar-refractivity contribution >= 4 is 33.6 Å². The summed E-state index contributed by atoms with van der Waals surface area (Å²) in [5, 5.41) is 8.25. The minimum atomic E-state index is 0.0378. The molecule has 4 heterocycles. The first kappa shape index (κ1) is 19.4. The maximum atomic E-state index is 12.2. The van der Waals surface area contributed by atoms with E-state index in [9.17, 15) is 4.79 Å². The van der Waals surface area contributed by atoms with E-state index in [1.54, 1.807) is 12.4 Å². The lowest BCUT2D eigenvalue weighted by molar-refractivity contribution is -0.117. The van der Waals surface area contributed by atoms with Crippen molar-refractivity contribution in [2.75, 3.05) is 18.4 Å². The van der Waals surface area contributed by atoms with Gasteiger partial charge in [0.15, 0.2) is 5.58 Å². The molecule has 1 amide bonds. The molecule has 1 saturated heterocycles. The fourth-order valence-electron chi connectivity index (χ4n) is 4.53. The number of benzene rings is 1. The van der Waals surface area contributed by atoms with E-state index in [0.29, 0.717) is 17.6 Å². The number of aryl methyl sites for hydroxylation is 1. The maximum Gasteiger partial charge on any atom is 0.229 e. The second-order valence-corrected chi connectivity index (χ2v) is 8.93. The molecule has 7 nitrogen and oxygen atoms in total. The monoisotopic (exact) mass is 427 g/mol. The van der Waals surface area contributed by atoms with Crippen molar-refractivity contribution in [2.45, 2.75) is 38.5 Å². The summed E-state index contributed by atoms with van der Waals surface area (Å²) in [5.41, 5.74) is 4.59. The third-order valence-corrected chi connectivity index (χ3v) is 6.58. The first-order valence-electron chi connectivity index (χ1n) is 11.3. The van der Waals surface area contributed by atoms with E-state index in [1.165, 1.54) is 18.4 Å². The van der Waals surface area contributed by atoms with Gasteiger partial charge in [-0.2, -0.15) is 0 Å². The summed E-state index contributed by atoms with van der Waals surface area (Å²) in [5.74, 6) is 1.75. The molecule has 2 fully saturated rings. The molecule has 1 aromatic carbocycles. The molecule has 162 valence electrons. The predicted octanol–water partition coefficient (Wildman–Crippen LogP) is 4.56. The van der Waals surface area contributed by atoms with E-state index in [4.69, 9.17) is 9.40 Å². The summed E-state index contributed by atoms with van der Waals surface area (Å²) in [4.78, 5) is 26.0. The number of carbonyl (C=O) groups is 1. The Labute approximate surface area is 185 Å². The molecule has 0 spiro atoms. The third kappa shape index (κ3) is 3.52. The fourth-order valence-corrected chi connectivity index (χ4v) is 4.53. The number of pyridine rings is 2. The molecule has 2 N–H and O–H groups in total. The summed E-state index contributed by atoms with van der Waals surface area (Å²) < 4.78 is 6.14. The fraction of sp³-hybridized carbons (Fsp3) is 0.360. The van der Waals surface area contributed by atoms with Gasteiger partial charge in [0, 0.05) is 41.3 Å². The van der Waals surface area contributed by atoms with E-state index < -0.39 is 0 Å². The average molecular weight is 428 g/mol. The quantitative estimate of drug-likeness (QED) is 0.496. The zero-order valence-electron chi connectivity index (χ0n) is 18.0. The Balaban J connectivity index is 1.40. The van der Waals surface area contributed by atoms with Crippen molar-refractivity contribution in [2.24, 2.45) is 5.92 Å². The van der Waals surface area contributed by atoms with Crippen LogP contribution in [0.15, 0.2) is 41.1 Å². The van der Waals surface area contributed by atoms with Gasteiger partial charge in [0.1, 0.15) is 11.3 Å². The predicted molar refractivity (Wildman–Crippen MR) is 123 cm³/mol. The number of carbonyl (C=O) groups excluding carboxylic acids is 1. The molecule has 1 aliphatic heterocycles. The molecular formula is C25H25N5O2. The van der Waals surface area contributed by atoms with E-state index >= 15 is 0 Å². The summed E-state index contributed by atoms with van der Waals surface area (Å²) in [6.07, 6.45) is 7.85. The van der Waals surface area contributed by atoms with E-state index in [1.807, 2.05) is 19.1 Å². The van der Waals surface area contributed by atoms with Crippen LogP contribution in [0.3, 0.4) is 0 Å². The average Bonchev–Trinajstić information content (AvgIpc) is 3.59. The molecule has 7 heteroatoms. The van der Waals surface area contributed by atoms with Crippen molar-refractivity contribution in [1.29, 1.82) is 0 Å². The van der Waals surface area contributed by atoms with Crippen LogP contribution in [0.25, 0.3) is 33.3 Å². The Kier molecular flexibility index (Phi) is 4.64. The first-order chi connectivity index (χ1) is 15.7. The number of nitrogens with zero attached hydrogens (tertiary/aromatic N) is 3. The normalized spacial score (nSPS) is 18.8. The molecule has 32 heavy (non-hydrogen) atoms. The van der Waals surface area contributed by atoms with Gasteiger partial charge in [0.05, 0.1) is 5.56 Å². The Hall–Kier alpha value is -3.32. The number of anilines is 1. The minimum absolute atomic E-state index is 0.0378. The number of amides is 1. The maximum absolute atomic E-state index is 12.2. The molecule has 0 radical (unpaired) electrons. The number of hydrogen-bond acceptors (Lipinski definition) is 6. The molecule has 2 aliphatic rings. The lowest BCUT2D eigenvalue weighted by Gasteiger charge is -2.22. The van der Waals surface area contributed by atoms with Crippen molar-refractivity contribution in [1.82, 2.24) is 20.3 Å². The Morgan fingerprint density at radius 3 is 2.84 bits per heavy atom. The molecular weight excluding hydrogens is 402 g/mol. The lowest BCUT2D eigenvalue weighted by atomic mass is 9.91. The number of rotatable bonds is 4. The number of nitrogens with one attached hydrogen (secondary N) is 2. The second kappa shape index (κ2) is 7.67. The number of aromatic nitrogens is 3. The van der Waals surface area contributed by atoms with Crippen molar-refractivity contribution in [3.8, 4) is 11.5 Å². The van der Waals surface area contributed by atoms with Gasteiger partial charge in [-0.25, -0.2) is 9.97 Å². The SMILES string of the molecule is Cc1ncc(-c2nc3cc(C4CCCNC4)ccc3o2)c2cc(NC(=O)C3CC3)ncc12. The van der Waals surface area contributed by atoms with Gasteiger partial charge >= 0.3 is 0 Å². The summed E-state index contributed by atoms with van der Waals surface area (Å²) in [6, 6.07) is 8.21. The van der Waals surface area contributed by atoms with Crippen LogP contribution in [-0.2, 0) is 4.79 Å². The van der Waals surface area contributed by atoms with Crippen molar-refractivity contribution in [3.05, 3.63) is 47.9 Å². The van der Waals surface area contributed by atoms with E-state index in [-0.39, 0.29) is 11.8 Å². The van der Waals surface area contributed by atoms with Crippen LogP contribution >= 0.6 is 0 Å². The Morgan fingerprint density at radius 1 is 1.12 bits per heavy atom. The van der Waals surface area contributed by atoms with E-state index in [0.717, 1.165) is 59.1 Å². The Morgan fingerprint density at radius 2 is 2.03 bits per heavy atom. The highest BCUT2D eigenvalue weighted by Crippen LogP contribution is 2.34. The molecule has 1 saturated carbocycles. The van der Waals surface area contributed by atoms with Gasteiger partial charge < -0.3 is 15.1 Å². The zero-order chi connectivity index (χ0) is 21.7. The topological polar surface area (TPSA) is 92.9 Å². The molecule has 1 atom stereocenters. The summed E-state index contributed by atoms with van der Waals surface area (Å²) in [7, 11) is 0. The molecule has 1 aliphatic carbocycles. The molecule has 4 aromatic rings. The van der Waals surface area contributed by atoms with Crippen LogP contribution in [0, 0.1) is 12.8 Å². The van der Waals surface area contributed by atoms with Gasteiger partial charge in [0.25, 0.3) is 0 Å². The van der Waals surface area contributed by atoms with Crippen molar-refractivity contribution in [3.63, 3.8) is 0 Å². The summed E-state index contributed by atoms with van der Waals surface area (Å²) >= 11 is 0. The number of fused-ring (bicyclic) bond motifs is 2. The zero-order valence-corrected chi connectivity index (χ0v) is 18.0. The van der Waals surface area contributed by atoms with Gasteiger partial charge in [-0.1, -0.05) is 6.07 Å². The van der Waals surface area contributed by atoms with Crippen LogP contribution in [0.4, 0.5) is 5.82 Å². The van der Waals surface area contributed by atoms with Crippen LogP contribution in [0.1, 0.15) is 42.9 Å². The standard InChI is InChI=1S/C25H25N5O2/c1-14-19-12-28-23(30-24(31)15-4-5-15)10-18(19)20(13-27-14)25-29-21-9-16(6-7-22(21)32-25)17-3-2-8-26-11-17/h6-7,9-10,12-13,15,17,26H,2-5,8,11H2,1H3,(H,28,30,31). The first-order valence-corrected chi connectivity index (χ1v) is 11.3. The Bertz CT molecular complexity index is 1340. The second-order valence-electron chi connectivity index (χ2n) is 8.93. The highest BCUT2D eigenvalue weighted by atomic mass is 16.3. The van der Waals surface area contributed by atoms with Gasteiger partial charge in [0.2, 0.25) is 11.8 Å². The number of piperidine rings is 1. The smallest absolute Gasteiger partial charge is 0.229 e. The van der Waals surface area contributed by atoms with Gasteiger partial charge in [-0.05, 0) is 68.8 Å². The van der Waals surface area contributed by atoms with Gasteiger partial charge in [-0.15, -0.1) is 0 Å². The third-order valence-electron chi connectivity index (χ3n) is 6.58. The summed E-state index contributed by atoms with van der Waals surface area (Å²) in [6.45, 7) is 4.05. The lowest BCUT2D eigenvalue weighted by Crippen LogP contribution is -2.28. The largest absolute Gasteiger partial charge is 0.436 e. The van der Waals surface area contributed by atoms with Gasteiger partial charge in [-0.3, -0.25) is 9.78 Å². The van der Waals surface area contributed by atoms with Crippen LogP contribution in [-0.4, -0.2) is 33.9 Å². The van der Waals surface area contributed by atoms with Crippen molar-refractivity contribution < 1.29 is 9.21 Å². The molecule has 1 unspecified atom stereocenters. The van der Waals surface area contributed by atoms with E-state index in [2.05, 4.69) is 32.7 Å². The van der Waals surface area contributed by atoms with Crippen LogP contribution in [0.5, 0.6) is 0 Å². The highest BCUT2D eigenvalue weighted by molar-refractivity contribution is 6.00. The number of oxazole rings is 1. The van der Waals surface area contributed by atoms with Crippen LogP contribution < -0.4 is 10.6 Å². The highest BCUT2D eigenvalue weighted by Gasteiger charge is 2.30. The molecule has 6 rings (SSSR count). The molecule has 0 bridgehead atoms. The van der Waals surface area contributed by atoms with Crippen LogP contribution in [0.2, 0.25) is 0 Å². The number of hydrogen-bond donors (Lipinski definition) is 2. The minimum Gasteiger partial charge on any atom is -0.436 e. The molecule has 3 aromatic heterocycles.